The van der Waals surface area contributed by atoms with Crippen molar-refractivity contribution in [3.63, 3.8) is 0 Å². The van der Waals surface area contributed by atoms with Crippen LogP contribution in [0.15, 0.2) is 59.5 Å². The second-order valence-corrected chi connectivity index (χ2v) is 5.72. The molecule has 0 heterocycles. The van der Waals surface area contributed by atoms with E-state index in [0.717, 1.165) is 6.07 Å². The number of hydrogen-bond donors (Lipinski definition) is 0. The van der Waals surface area contributed by atoms with Gasteiger partial charge in [0.1, 0.15) is 0 Å². The Morgan fingerprint density at radius 3 is 1.89 bits per heavy atom. The molecule has 0 unspecified atom stereocenters. The van der Waals surface area contributed by atoms with Crippen molar-refractivity contribution in [2.24, 2.45) is 0 Å². The third-order valence-electron chi connectivity index (χ3n) is 2.57. The lowest BCUT2D eigenvalue weighted by atomic mass is 10.1. The standard InChI is InChI=1S/C13H9F3O2S/c14-13(15,16)19(17,18)12-9-5-4-8-11(12)10-6-2-1-3-7-10/h1-9H. The lowest BCUT2D eigenvalue weighted by Crippen LogP contribution is -2.23. The highest BCUT2D eigenvalue weighted by Crippen LogP contribution is 2.35. The minimum atomic E-state index is -5.36. The molecule has 0 radical (unpaired) electrons. The second-order valence-electron chi connectivity index (χ2n) is 3.81. The van der Waals surface area contributed by atoms with Gasteiger partial charge < -0.3 is 0 Å². The summed E-state index contributed by atoms with van der Waals surface area (Å²) in [4.78, 5) is -0.728. The normalized spacial score (nSPS) is 12.4. The van der Waals surface area contributed by atoms with Crippen molar-refractivity contribution in [2.75, 3.05) is 0 Å². The van der Waals surface area contributed by atoms with Crippen LogP contribution in [0.3, 0.4) is 0 Å². The molecule has 6 heteroatoms. The quantitative estimate of drug-likeness (QED) is 0.844. The summed E-state index contributed by atoms with van der Waals surface area (Å²) in [5.74, 6) is 0. The molecule has 0 fully saturated rings. The van der Waals surface area contributed by atoms with E-state index in [9.17, 15) is 21.6 Å². The van der Waals surface area contributed by atoms with Crippen molar-refractivity contribution < 1.29 is 21.6 Å². The first kappa shape index (κ1) is 13.6. The van der Waals surface area contributed by atoms with E-state index in [1.807, 2.05) is 0 Å². The van der Waals surface area contributed by atoms with Crippen LogP contribution in [0.1, 0.15) is 0 Å². The third-order valence-corrected chi connectivity index (χ3v) is 4.11. The molecule has 19 heavy (non-hydrogen) atoms. The Morgan fingerprint density at radius 1 is 0.789 bits per heavy atom. The van der Waals surface area contributed by atoms with E-state index >= 15 is 0 Å². The average molecular weight is 286 g/mol. The molecular weight excluding hydrogens is 277 g/mol. The Balaban J connectivity index is 2.69. The predicted molar refractivity (Wildman–Crippen MR) is 65.1 cm³/mol. The van der Waals surface area contributed by atoms with Crippen LogP contribution < -0.4 is 0 Å². The summed E-state index contributed by atoms with van der Waals surface area (Å²) >= 11 is 0. The number of hydrogen-bond acceptors (Lipinski definition) is 2. The Labute approximate surface area is 108 Å². The molecule has 0 saturated carbocycles. The third kappa shape index (κ3) is 2.49. The predicted octanol–water partition coefficient (Wildman–Crippen LogP) is 3.65. The highest BCUT2D eigenvalue weighted by atomic mass is 32.2. The van der Waals surface area contributed by atoms with E-state index in [2.05, 4.69) is 0 Å². The van der Waals surface area contributed by atoms with Gasteiger partial charge >= 0.3 is 5.51 Å². The minimum Gasteiger partial charge on any atom is -0.214 e. The summed E-state index contributed by atoms with van der Waals surface area (Å²) in [6.07, 6.45) is 0. The van der Waals surface area contributed by atoms with E-state index in [1.165, 1.54) is 18.2 Å². The zero-order chi connectivity index (χ0) is 14.1. The molecule has 0 bridgehead atoms. The number of alkyl halides is 3. The van der Waals surface area contributed by atoms with Crippen LogP contribution in [0, 0.1) is 0 Å². The van der Waals surface area contributed by atoms with Gasteiger partial charge in [0, 0.05) is 5.56 Å². The Bertz CT molecular complexity index is 677. The monoisotopic (exact) mass is 286 g/mol. The molecule has 0 N–H and O–H groups in total. The Morgan fingerprint density at radius 2 is 1.32 bits per heavy atom. The molecule has 0 aromatic heterocycles. The molecule has 0 aliphatic heterocycles. The summed E-state index contributed by atoms with van der Waals surface area (Å²) in [7, 11) is -5.36. The highest BCUT2D eigenvalue weighted by molar-refractivity contribution is 7.92. The first-order chi connectivity index (χ1) is 8.84. The van der Waals surface area contributed by atoms with E-state index in [1.54, 1.807) is 30.3 Å². The summed E-state index contributed by atoms with van der Waals surface area (Å²) in [6.45, 7) is 0. The van der Waals surface area contributed by atoms with Crippen molar-refractivity contribution in [2.45, 2.75) is 10.4 Å². The second kappa shape index (κ2) is 4.70. The molecule has 0 spiro atoms. The molecule has 0 atom stereocenters. The molecule has 0 aliphatic carbocycles. The maximum Gasteiger partial charge on any atom is 0.501 e. The lowest BCUT2D eigenvalue weighted by Gasteiger charge is -2.12. The minimum absolute atomic E-state index is 0.0421. The fourth-order valence-corrected chi connectivity index (χ4v) is 2.66. The van der Waals surface area contributed by atoms with Gasteiger partial charge in [0.15, 0.2) is 0 Å². The van der Waals surface area contributed by atoms with Gasteiger partial charge in [0.2, 0.25) is 0 Å². The van der Waals surface area contributed by atoms with Crippen LogP contribution in [0.4, 0.5) is 13.2 Å². The van der Waals surface area contributed by atoms with Crippen LogP contribution in [-0.4, -0.2) is 13.9 Å². The molecule has 2 aromatic rings. The highest BCUT2D eigenvalue weighted by Gasteiger charge is 2.47. The first-order valence-electron chi connectivity index (χ1n) is 5.30. The largest absolute Gasteiger partial charge is 0.501 e. The van der Waals surface area contributed by atoms with Gasteiger partial charge in [0.25, 0.3) is 9.84 Å². The van der Waals surface area contributed by atoms with Crippen LogP contribution in [0.25, 0.3) is 11.1 Å². The molecule has 100 valence electrons. The Kier molecular flexibility index (Phi) is 3.36. The van der Waals surface area contributed by atoms with Crippen LogP contribution in [-0.2, 0) is 9.84 Å². The molecule has 0 aliphatic rings. The van der Waals surface area contributed by atoms with E-state index < -0.39 is 20.2 Å². The van der Waals surface area contributed by atoms with Gasteiger partial charge in [-0.3, -0.25) is 0 Å². The van der Waals surface area contributed by atoms with Crippen LogP contribution in [0.2, 0.25) is 0 Å². The smallest absolute Gasteiger partial charge is 0.214 e. The summed E-state index contributed by atoms with van der Waals surface area (Å²) < 4.78 is 60.9. The van der Waals surface area contributed by atoms with Crippen molar-refractivity contribution >= 4 is 9.84 Å². The number of sulfone groups is 1. The molecule has 0 amide bonds. The fraction of sp³-hybridized carbons (Fsp3) is 0.0769. The molecule has 0 saturated heterocycles. The zero-order valence-electron chi connectivity index (χ0n) is 9.55. The number of rotatable bonds is 2. The van der Waals surface area contributed by atoms with Crippen LogP contribution >= 0.6 is 0 Å². The number of halogens is 3. The maximum absolute atomic E-state index is 12.6. The summed E-state index contributed by atoms with van der Waals surface area (Å²) in [5, 5.41) is 0. The van der Waals surface area contributed by atoms with Gasteiger partial charge in [0.05, 0.1) is 4.90 Å². The first-order valence-corrected chi connectivity index (χ1v) is 6.78. The SMILES string of the molecule is O=S(=O)(c1ccccc1-c1ccccc1)C(F)(F)F. The summed E-state index contributed by atoms with van der Waals surface area (Å²) in [5.41, 5.74) is -4.84. The molecule has 2 aromatic carbocycles. The van der Waals surface area contributed by atoms with Crippen molar-refractivity contribution in [1.82, 2.24) is 0 Å². The van der Waals surface area contributed by atoms with Crippen molar-refractivity contribution in [1.29, 1.82) is 0 Å². The van der Waals surface area contributed by atoms with Crippen molar-refractivity contribution in [3.8, 4) is 11.1 Å². The fourth-order valence-electron chi connectivity index (χ4n) is 1.68. The molecule has 2 rings (SSSR count). The molecule has 2 nitrogen and oxygen atoms in total. The van der Waals surface area contributed by atoms with Gasteiger partial charge in [-0.25, -0.2) is 8.42 Å². The lowest BCUT2D eigenvalue weighted by molar-refractivity contribution is -0.0435. The van der Waals surface area contributed by atoms with Gasteiger partial charge in [-0.05, 0) is 11.6 Å². The van der Waals surface area contributed by atoms with E-state index in [4.69, 9.17) is 0 Å². The van der Waals surface area contributed by atoms with E-state index in [0.29, 0.717) is 5.56 Å². The maximum atomic E-state index is 12.6. The average Bonchev–Trinajstić information content (AvgIpc) is 2.38. The van der Waals surface area contributed by atoms with Gasteiger partial charge in [-0.15, -0.1) is 0 Å². The van der Waals surface area contributed by atoms with Crippen LogP contribution in [0.5, 0.6) is 0 Å². The summed E-state index contributed by atoms with van der Waals surface area (Å²) in [6, 6.07) is 13.2. The Hall–Kier alpha value is -1.82. The number of benzene rings is 2. The topological polar surface area (TPSA) is 34.1 Å². The molecular formula is C13H9F3O2S. The van der Waals surface area contributed by atoms with Gasteiger partial charge in [-0.1, -0.05) is 48.5 Å². The van der Waals surface area contributed by atoms with Gasteiger partial charge in [-0.2, -0.15) is 13.2 Å². The van der Waals surface area contributed by atoms with E-state index in [-0.39, 0.29) is 5.56 Å². The zero-order valence-corrected chi connectivity index (χ0v) is 10.4. The van der Waals surface area contributed by atoms with Crippen molar-refractivity contribution in [3.05, 3.63) is 54.6 Å².